The minimum Gasteiger partial charge on any atom is -0.490 e. The molecule has 7 nitrogen and oxygen atoms in total. The summed E-state index contributed by atoms with van der Waals surface area (Å²) in [6.45, 7) is 4.70. The quantitative estimate of drug-likeness (QED) is 0.332. The molecule has 1 heterocycles. The number of carbonyl (C=O) groups is 1. The molecule has 0 aliphatic carbocycles. The molecular formula is C26H24ClN3O4. The second-order valence-corrected chi connectivity index (χ2v) is 7.73. The molecule has 34 heavy (non-hydrogen) atoms. The van der Waals surface area contributed by atoms with E-state index in [2.05, 4.69) is 15.5 Å². The first kappa shape index (κ1) is 23.3. The van der Waals surface area contributed by atoms with E-state index < -0.39 is 6.04 Å². The first-order valence-electron chi connectivity index (χ1n) is 10.9. The largest absolute Gasteiger partial charge is 0.490 e. The van der Waals surface area contributed by atoms with E-state index in [0.717, 1.165) is 11.1 Å². The van der Waals surface area contributed by atoms with Gasteiger partial charge in [0.05, 0.1) is 13.2 Å². The summed E-state index contributed by atoms with van der Waals surface area (Å²) in [7, 11) is 0. The van der Waals surface area contributed by atoms with E-state index in [1.807, 2.05) is 56.3 Å². The van der Waals surface area contributed by atoms with Crippen molar-refractivity contribution in [1.82, 2.24) is 15.5 Å². The Morgan fingerprint density at radius 2 is 1.65 bits per heavy atom. The molecule has 0 unspecified atom stereocenters. The summed E-state index contributed by atoms with van der Waals surface area (Å²) in [6.07, 6.45) is 0. The van der Waals surface area contributed by atoms with Crippen LogP contribution in [0.3, 0.4) is 0 Å². The van der Waals surface area contributed by atoms with Crippen molar-refractivity contribution in [1.29, 1.82) is 0 Å². The van der Waals surface area contributed by atoms with Crippen molar-refractivity contribution >= 4 is 17.5 Å². The number of hydrogen-bond donors (Lipinski definition) is 1. The molecule has 0 saturated carbocycles. The number of halogens is 1. The van der Waals surface area contributed by atoms with Gasteiger partial charge in [0.25, 0.3) is 5.91 Å². The smallest absolute Gasteiger partial charge is 0.252 e. The van der Waals surface area contributed by atoms with Gasteiger partial charge in [-0.3, -0.25) is 4.79 Å². The Labute approximate surface area is 202 Å². The monoisotopic (exact) mass is 477 g/mol. The van der Waals surface area contributed by atoms with Crippen LogP contribution in [0.25, 0.3) is 11.5 Å². The van der Waals surface area contributed by atoms with Gasteiger partial charge >= 0.3 is 0 Å². The van der Waals surface area contributed by atoms with Crippen LogP contribution in [0.1, 0.15) is 41.7 Å². The van der Waals surface area contributed by atoms with Gasteiger partial charge in [-0.1, -0.05) is 41.9 Å². The lowest BCUT2D eigenvalue weighted by Gasteiger charge is -2.17. The van der Waals surface area contributed by atoms with Gasteiger partial charge in [-0.15, -0.1) is 10.2 Å². The van der Waals surface area contributed by atoms with E-state index in [1.54, 1.807) is 30.3 Å². The predicted octanol–water partition coefficient (Wildman–Crippen LogP) is 5.71. The Morgan fingerprint density at radius 3 is 2.35 bits per heavy atom. The summed E-state index contributed by atoms with van der Waals surface area (Å²) >= 11 is 6.07. The minimum absolute atomic E-state index is 0.255. The van der Waals surface area contributed by atoms with Crippen molar-refractivity contribution in [3.63, 3.8) is 0 Å². The third kappa shape index (κ3) is 5.38. The number of amides is 1. The van der Waals surface area contributed by atoms with E-state index in [1.165, 1.54) is 0 Å². The number of benzene rings is 3. The molecule has 1 aromatic heterocycles. The maximum absolute atomic E-state index is 13.2. The molecule has 4 rings (SSSR count). The summed E-state index contributed by atoms with van der Waals surface area (Å²) in [6, 6.07) is 20.9. The zero-order valence-electron chi connectivity index (χ0n) is 18.8. The fraction of sp³-hybridized carbons (Fsp3) is 0.192. The lowest BCUT2D eigenvalue weighted by Crippen LogP contribution is -2.29. The van der Waals surface area contributed by atoms with Crippen molar-refractivity contribution in [2.75, 3.05) is 13.2 Å². The summed E-state index contributed by atoms with van der Waals surface area (Å²) in [5.74, 6) is 1.38. The number of rotatable bonds is 9. The molecule has 0 saturated heterocycles. The Hall–Kier alpha value is -3.84. The average Bonchev–Trinajstić information content (AvgIpc) is 3.35. The third-order valence-corrected chi connectivity index (χ3v) is 5.24. The van der Waals surface area contributed by atoms with Gasteiger partial charge in [0.15, 0.2) is 11.5 Å². The zero-order chi connectivity index (χ0) is 23.9. The van der Waals surface area contributed by atoms with Crippen LogP contribution < -0.4 is 14.8 Å². The molecule has 3 aromatic carbocycles. The number of ether oxygens (including phenoxy) is 2. The molecule has 1 amide bonds. The molecule has 4 aromatic rings. The van der Waals surface area contributed by atoms with Crippen molar-refractivity contribution < 1.29 is 18.7 Å². The highest BCUT2D eigenvalue weighted by atomic mass is 35.5. The first-order chi connectivity index (χ1) is 16.6. The van der Waals surface area contributed by atoms with Gasteiger partial charge < -0.3 is 19.2 Å². The van der Waals surface area contributed by atoms with Crippen LogP contribution >= 0.6 is 11.6 Å². The van der Waals surface area contributed by atoms with Crippen LogP contribution in [0.2, 0.25) is 5.02 Å². The molecule has 0 aliphatic heterocycles. The normalized spacial score (nSPS) is 11.6. The van der Waals surface area contributed by atoms with Gasteiger partial charge in [0.1, 0.15) is 6.04 Å². The van der Waals surface area contributed by atoms with Crippen molar-refractivity contribution in [2.45, 2.75) is 19.9 Å². The van der Waals surface area contributed by atoms with Gasteiger partial charge in [-0.25, -0.2) is 0 Å². The fourth-order valence-electron chi connectivity index (χ4n) is 3.40. The predicted molar refractivity (Wildman–Crippen MR) is 129 cm³/mol. The first-order valence-corrected chi connectivity index (χ1v) is 11.3. The van der Waals surface area contributed by atoms with E-state index in [9.17, 15) is 4.79 Å². The van der Waals surface area contributed by atoms with E-state index in [4.69, 9.17) is 25.5 Å². The lowest BCUT2D eigenvalue weighted by atomic mass is 10.1. The number of nitrogens with zero attached hydrogens (tertiary/aromatic N) is 2. The van der Waals surface area contributed by atoms with Crippen LogP contribution in [0.5, 0.6) is 11.5 Å². The molecule has 1 atom stereocenters. The van der Waals surface area contributed by atoms with E-state index in [-0.39, 0.29) is 11.8 Å². The molecule has 0 aliphatic rings. The summed E-state index contributed by atoms with van der Waals surface area (Å²) < 4.78 is 17.2. The molecule has 1 N–H and O–H groups in total. The third-order valence-electron chi connectivity index (χ3n) is 4.99. The Bertz CT molecular complexity index is 1240. The van der Waals surface area contributed by atoms with Gasteiger partial charge in [-0.05, 0) is 61.9 Å². The topological polar surface area (TPSA) is 86.5 Å². The highest BCUT2D eigenvalue weighted by Crippen LogP contribution is 2.30. The van der Waals surface area contributed by atoms with Gasteiger partial charge in [-0.2, -0.15) is 0 Å². The second-order valence-electron chi connectivity index (χ2n) is 7.30. The molecule has 8 heteroatoms. The number of carbonyl (C=O) groups excluding carboxylic acids is 1. The van der Waals surface area contributed by atoms with Crippen molar-refractivity contribution in [3.05, 3.63) is 94.8 Å². The maximum atomic E-state index is 13.2. The summed E-state index contributed by atoms with van der Waals surface area (Å²) in [5, 5.41) is 12.0. The standard InChI is InChI=1S/C26H24ClN3O4/c1-3-32-21-15-12-19(16-22(21)33-4-2)24(31)28-23(17-10-13-20(27)14-11-17)26-30-29-25(34-26)18-8-6-5-7-9-18/h5-16,23H,3-4H2,1-2H3,(H,28,31)/t23-/m0/s1. The van der Waals surface area contributed by atoms with Crippen LogP contribution in [0.4, 0.5) is 0 Å². The van der Waals surface area contributed by atoms with E-state index in [0.29, 0.717) is 41.2 Å². The second kappa shape index (κ2) is 10.9. The molecule has 174 valence electrons. The number of hydrogen-bond acceptors (Lipinski definition) is 6. The molecule has 0 fully saturated rings. The Balaban J connectivity index is 1.65. The molecular weight excluding hydrogens is 454 g/mol. The van der Waals surface area contributed by atoms with Crippen molar-refractivity contribution in [3.8, 4) is 23.0 Å². The van der Waals surface area contributed by atoms with E-state index >= 15 is 0 Å². The highest BCUT2D eigenvalue weighted by Gasteiger charge is 2.25. The summed E-state index contributed by atoms with van der Waals surface area (Å²) in [4.78, 5) is 13.2. The number of aromatic nitrogens is 2. The van der Waals surface area contributed by atoms with Crippen LogP contribution in [-0.2, 0) is 0 Å². The SMILES string of the molecule is CCOc1ccc(C(=O)N[C@@H](c2ccc(Cl)cc2)c2nnc(-c3ccccc3)o2)cc1OCC. The zero-order valence-corrected chi connectivity index (χ0v) is 19.6. The van der Waals surface area contributed by atoms with Crippen LogP contribution in [0.15, 0.2) is 77.2 Å². The van der Waals surface area contributed by atoms with Crippen molar-refractivity contribution in [2.24, 2.45) is 0 Å². The minimum atomic E-state index is -0.683. The van der Waals surface area contributed by atoms with Gasteiger partial charge in [0, 0.05) is 16.1 Å². The van der Waals surface area contributed by atoms with Gasteiger partial charge in [0.2, 0.25) is 11.8 Å². The van der Waals surface area contributed by atoms with Crippen LogP contribution in [0, 0.1) is 0 Å². The molecule has 0 bridgehead atoms. The fourth-order valence-corrected chi connectivity index (χ4v) is 3.52. The Morgan fingerprint density at radius 1 is 0.941 bits per heavy atom. The number of nitrogens with one attached hydrogen (secondary N) is 1. The average molecular weight is 478 g/mol. The lowest BCUT2D eigenvalue weighted by molar-refractivity contribution is 0.0937. The Kier molecular flexibility index (Phi) is 7.44. The summed E-state index contributed by atoms with van der Waals surface area (Å²) in [5.41, 5.74) is 1.95. The highest BCUT2D eigenvalue weighted by molar-refractivity contribution is 6.30. The maximum Gasteiger partial charge on any atom is 0.252 e. The van der Waals surface area contributed by atoms with Crippen LogP contribution in [-0.4, -0.2) is 29.3 Å². The molecule has 0 spiro atoms. The molecule has 0 radical (unpaired) electrons.